The molecule has 2 rings (SSSR count). The molecule has 2 unspecified atom stereocenters. The maximum atomic E-state index is 11.2. The Hall–Kier alpha value is 1.17. The van der Waals surface area contributed by atoms with Crippen molar-refractivity contribution in [3.05, 3.63) is 25.3 Å². The van der Waals surface area contributed by atoms with Crippen LogP contribution in [-0.4, -0.2) is 132 Å². The molecule has 2 atom stereocenters. The van der Waals surface area contributed by atoms with Gasteiger partial charge in [0.1, 0.15) is 0 Å². The van der Waals surface area contributed by atoms with Crippen molar-refractivity contribution in [1.29, 1.82) is 0 Å². The Labute approximate surface area is 236 Å². The van der Waals surface area contributed by atoms with E-state index in [1.54, 1.807) is 22.0 Å². The van der Waals surface area contributed by atoms with Crippen LogP contribution in [-0.2, 0) is 44.9 Å². The van der Waals surface area contributed by atoms with E-state index in [0.29, 0.717) is 34.6 Å². The van der Waals surface area contributed by atoms with Gasteiger partial charge in [-0.25, -0.2) is 16.8 Å². The molecule has 2 fully saturated rings. The summed E-state index contributed by atoms with van der Waals surface area (Å²) in [4.78, 5) is 3.50. The molecule has 0 saturated carbocycles. The van der Waals surface area contributed by atoms with Gasteiger partial charge in [0.2, 0.25) is 0 Å². The van der Waals surface area contributed by atoms with Crippen LogP contribution in [0.25, 0.3) is 0 Å². The fraction of sp³-hybridized carbons (Fsp3) is 0.625. The van der Waals surface area contributed by atoms with E-state index in [4.69, 9.17) is 49.7 Å². The molecule has 160 valence electrons. The van der Waals surface area contributed by atoms with Crippen LogP contribution in [0.2, 0.25) is 0 Å². The van der Waals surface area contributed by atoms with Gasteiger partial charge in [-0.15, -0.1) is 13.2 Å². The number of hydrogen-bond donors (Lipinski definition) is 0. The van der Waals surface area contributed by atoms with Crippen molar-refractivity contribution < 1.29 is 16.8 Å². The van der Waals surface area contributed by atoms with Gasteiger partial charge in [0.15, 0.2) is 19.7 Å². The first-order valence-corrected chi connectivity index (χ1v) is 13.8. The van der Waals surface area contributed by atoms with E-state index in [-0.39, 0.29) is 84.0 Å². The Morgan fingerprint density at radius 1 is 0.862 bits per heavy atom. The predicted molar refractivity (Wildman–Crippen MR) is 134 cm³/mol. The molecule has 0 aromatic rings. The third-order valence-electron chi connectivity index (χ3n) is 4.42. The molecular weight excluding hydrogens is 614 g/mol. The van der Waals surface area contributed by atoms with Crippen LogP contribution in [0.1, 0.15) is 12.8 Å². The molecular formula is C16H24BaN2O4S6. The molecule has 0 spiro atoms. The summed E-state index contributed by atoms with van der Waals surface area (Å²) in [5.41, 5.74) is 0. The van der Waals surface area contributed by atoms with Crippen molar-refractivity contribution in [3.8, 4) is 0 Å². The second-order valence-electron chi connectivity index (χ2n) is 6.53. The van der Waals surface area contributed by atoms with Crippen molar-refractivity contribution in [2.24, 2.45) is 0 Å². The molecule has 0 amide bonds. The van der Waals surface area contributed by atoms with Gasteiger partial charge in [-0.2, -0.15) is 0 Å². The average molecular weight is 638 g/mol. The summed E-state index contributed by atoms with van der Waals surface area (Å²) in [5.74, 6) is 0.807. The Balaban J connectivity index is 0.000000523. The Morgan fingerprint density at radius 3 is 1.34 bits per heavy atom. The minimum Gasteiger partial charge on any atom is -0.411 e. The molecule has 6 nitrogen and oxygen atoms in total. The first-order valence-electron chi connectivity index (χ1n) is 8.50. The van der Waals surface area contributed by atoms with Gasteiger partial charge < -0.3 is 59.5 Å². The van der Waals surface area contributed by atoms with Crippen LogP contribution in [0.15, 0.2) is 25.3 Å². The van der Waals surface area contributed by atoms with E-state index in [0.717, 1.165) is 0 Å². The van der Waals surface area contributed by atoms with Crippen LogP contribution in [0.4, 0.5) is 0 Å². The molecule has 2 aliphatic heterocycles. The normalized spacial score (nSPS) is 23.6. The van der Waals surface area contributed by atoms with Crippen molar-refractivity contribution in [1.82, 2.24) is 9.80 Å². The van der Waals surface area contributed by atoms with Crippen molar-refractivity contribution in [2.45, 2.75) is 24.9 Å². The maximum absolute atomic E-state index is 11.2. The summed E-state index contributed by atoms with van der Waals surface area (Å²) < 4.78 is 45.6. The monoisotopic (exact) mass is 638 g/mol. The summed E-state index contributed by atoms with van der Waals surface area (Å²) >= 11 is 19.6. The molecule has 0 aromatic carbocycles. The molecule has 0 aliphatic carbocycles. The third kappa shape index (κ3) is 10.6. The van der Waals surface area contributed by atoms with Crippen LogP contribution in [0.5, 0.6) is 0 Å². The molecule has 0 aromatic heterocycles. The average Bonchev–Trinajstić information content (AvgIpc) is 3.11. The van der Waals surface area contributed by atoms with E-state index in [9.17, 15) is 16.8 Å². The second kappa shape index (κ2) is 13.7. The number of hydrogen-bond acceptors (Lipinski definition) is 8. The van der Waals surface area contributed by atoms with Crippen LogP contribution < -0.4 is 0 Å². The van der Waals surface area contributed by atoms with Gasteiger partial charge in [0.25, 0.3) is 0 Å². The predicted octanol–water partition coefficient (Wildman–Crippen LogP) is 0.606. The largest absolute Gasteiger partial charge is 2.00 e. The minimum atomic E-state index is -2.87. The molecule has 0 bridgehead atoms. The SMILES string of the molecule is C=CCN(C(=S)[S-])C1CCS(=O)(=O)C1.C=CCN(C(=S)[S-])C1CCS(=O)(=O)C1.[Ba+2]. The Morgan fingerprint density at radius 2 is 1.17 bits per heavy atom. The van der Waals surface area contributed by atoms with Crippen molar-refractivity contribution in [2.75, 3.05) is 36.1 Å². The van der Waals surface area contributed by atoms with Crippen LogP contribution >= 0.6 is 24.4 Å². The van der Waals surface area contributed by atoms with Crippen molar-refractivity contribution >= 4 is 127 Å². The Bertz CT molecular complexity index is 747. The fourth-order valence-electron chi connectivity index (χ4n) is 3.07. The number of rotatable bonds is 6. The Kier molecular flexibility index (Phi) is 14.2. The van der Waals surface area contributed by atoms with Crippen LogP contribution in [0.3, 0.4) is 0 Å². The van der Waals surface area contributed by atoms with Crippen LogP contribution in [0, 0.1) is 0 Å². The first kappa shape index (κ1) is 30.2. The van der Waals surface area contributed by atoms with Gasteiger partial charge in [-0.1, -0.05) is 20.8 Å². The number of nitrogens with zero attached hydrogens (tertiary/aromatic N) is 2. The standard InChI is InChI=1S/2C8H13NO2S3.Ba/c2*1-2-4-9(8(12)13)7-3-5-14(10,11)6-7;/h2*2,7H,1,3-6H2,(H,12,13);/q;;+2/p-2. The van der Waals surface area contributed by atoms with E-state index in [1.807, 2.05) is 0 Å². The molecule has 0 N–H and O–H groups in total. The zero-order valence-corrected chi connectivity index (χ0v) is 25.4. The smallest absolute Gasteiger partial charge is 0.411 e. The quantitative estimate of drug-likeness (QED) is 0.179. The molecule has 29 heavy (non-hydrogen) atoms. The summed E-state index contributed by atoms with van der Waals surface area (Å²) in [7, 11) is -5.75. The van der Waals surface area contributed by atoms with Gasteiger partial charge >= 0.3 is 48.9 Å². The number of thiocarbonyl (C=S) groups is 2. The molecule has 13 heteroatoms. The zero-order valence-electron chi connectivity index (χ0n) is 16.1. The summed E-state index contributed by atoms with van der Waals surface area (Å²) in [6, 6.07) is -0.106. The fourth-order valence-corrected chi connectivity index (χ4v) is 7.42. The van der Waals surface area contributed by atoms with Gasteiger partial charge in [0.05, 0.1) is 23.0 Å². The third-order valence-corrected chi connectivity index (χ3v) is 8.86. The molecule has 0 radical (unpaired) electrons. The van der Waals surface area contributed by atoms with E-state index < -0.39 is 19.7 Å². The summed E-state index contributed by atoms with van der Waals surface area (Å²) in [5, 5.41) is 0. The van der Waals surface area contributed by atoms with E-state index in [2.05, 4.69) is 13.2 Å². The number of sulfone groups is 2. The summed E-state index contributed by atoms with van der Waals surface area (Å²) in [6.07, 6.45) is 4.60. The minimum absolute atomic E-state index is 0. The topological polar surface area (TPSA) is 74.8 Å². The van der Waals surface area contributed by atoms with E-state index >= 15 is 0 Å². The summed E-state index contributed by atoms with van der Waals surface area (Å²) in [6.45, 7) is 8.25. The first-order chi connectivity index (χ1) is 12.9. The van der Waals surface area contributed by atoms with Gasteiger partial charge in [-0.05, 0) is 12.8 Å². The van der Waals surface area contributed by atoms with E-state index in [1.165, 1.54) is 0 Å². The zero-order chi connectivity index (χ0) is 21.5. The molecule has 2 saturated heterocycles. The van der Waals surface area contributed by atoms with Gasteiger partial charge in [0, 0.05) is 25.2 Å². The van der Waals surface area contributed by atoms with Crippen molar-refractivity contribution in [3.63, 3.8) is 0 Å². The second-order valence-corrected chi connectivity index (χ2v) is 13.0. The maximum Gasteiger partial charge on any atom is 2.00 e. The van der Waals surface area contributed by atoms with Gasteiger partial charge in [-0.3, -0.25) is 0 Å². The molecule has 2 heterocycles. The molecule has 2 aliphatic rings.